The Morgan fingerprint density at radius 1 is 1.36 bits per heavy atom. The number of nitrogens with zero attached hydrogens (tertiary/aromatic N) is 2. The van der Waals surface area contributed by atoms with Crippen molar-refractivity contribution in [2.45, 2.75) is 45.6 Å². The average Bonchev–Trinajstić information content (AvgIpc) is 3.24. The SMILES string of the molecule is CCN1CCC[C@H]1CNC(=O)CCc1nc(C)c(-c2ccccc2)o1. The fraction of sp³-hybridized carbons (Fsp3) is 0.500. The molecule has 134 valence electrons. The minimum atomic E-state index is 0.0695. The summed E-state index contributed by atoms with van der Waals surface area (Å²) in [4.78, 5) is 19.0. The Hall–Kier alpha value is -2.14. The zero-order chi connectivity index (χ0) is 17.6. The summed E-state index contributed by atoms with van der Waals surface area (Å²) in [6.45, 7) is 7.06. The van der Waals surface area contributed by atoms with Crippen molar-refractivity contribution in [1.82, 2.24) is 15.2 Å². The quantitative estimate of drug-likeness (QED) is 0.840. The average molecular weight is 341 g/mol. The number of amides is 1. The van der Waals surface area contributed by atoms with Crippen LogP contribution in [0.3, 0.4) is 0 Å². The second-order valence-electron chi connectivity index (χ2n) is 6.62. The van der Waals surface area contributed by atoms with E-state index in [0.717, 1.165) is 36.7 Å². The number of hydrogen-bond donors (Lipinski definition) is 1. The van der Waals surface area contributed by atoms with E-state index in [-0.39, 0.29) is 5.91 Å². The Morgan fingerprint density at radius 3 is 2.92 bits per heavy atom. The standard InChI is InChI=1S/C20H27N3O2/c1-3-23-13-7-10-17(23)14-21-18(24)11-12-19-22-15(2)20(25-19)16-8-5-4-6-9-16/h4-6,8-9,17H,3,7,10-14H2,1-2H3,(H,21,24)/t17-/m0/s1. The van der Waals surface area contributed by atoms with E-state index in [1.165, 1.54) is 12.8 Å². The molecule has 0 aliphatic carbocycles. The van der Waals surface area contributed by atoms with E-state index in [2.05, 4.69) is 22.1 Å². The number of nitrogens with one attached hydrogen (secondary N) is 1. The van der Waals surface area contributed by atoms with Crippen LogP contribution in [0, 0.1) is 6.92 Å². The number of likely N-dealkylation sites (tertiary alicyclic amines) is 1. The number of carbonyl (C=O) groups excluding carboxylic acids is 1. The van der Waals surface area contributed by atoms with Gasteiger partial charge in [0.05, 0.1) is 5.69 Å². The number of carbonyl (C=O) groups is 1. The molecule has 2 heterocycles. The molecule has 1 N–H and O–H groups in total. The van der Waals surface area contributed by atoms with Gasteiger partial charge in [0.15, 0.2) is 11.7 Å². The molecule has 1 aliphatic heterocycles. The third-order valence-electron chi connectivity index (χ3n) is 4.88. The first kappa shape index (κ1) is 17.7. The molecule has 1 aromatic heterocycles. The van der Waals surface area contributed by atoms with E-state index in [0.29, 0.717) is 24.8 Å². The van der Waals surface area contributed by atoms with Gasteiger partial charge in [-0.15, -0.1) is 0 Å². The van der Waals surface area contributed by atoms with Gasteiger partial charge in [0.1, 0.15) is 0 Å². The van der Waals surface area contributed by atoms with Crippen molar-refractivity contribution in [1.29, 1.82) is 0 Å². The molecule has 0 saturated carbocycles. The molecule has 0 unspecified atom stereocenters. The largest absolute Gasteiger partial charge is 0.440 e. The number of hydrogen-bond acceptors (Lipinski definition) is 4. The molecule has 1 aromatic carbocycles. The summed E-state index contributed by atoms with van der Waals surface area (Å²) in [6.07, 6.45) is 3.34. The Bertz CT molecular complexity index is 696. The fourth-order valence-electron chi connectivity index (χ4n) is 3.50. The van der Waals surface area contributed by atoms with Crippen LogP contribution in [0.25, 0.3) is 11.3 Å². The second kappa shape index (κ2) is 8.30. The van der Waals surface area contributed by atoms with Crippen molar-refractivity contribution >= 4 is 5.91 Å². The third-order valence-corrected chi connectivity index (χ3v) is 4.88. The first-order valence-electron chi connectivity index (χ1n) is 9.20. The molecule has 1 aliphatic rings. The van der Waals surface area contributed by atoms with Gasteiger partial charge in [-0.3, -0.25) is 9.69 Å². The summed E-state index contributed by atoms with van der Waals surface area (Å²) in [5.41, 5.74) is 1.88. The molecule has 2 aromatic rings. The van der Waals surface area contributed by atoms with Crippen molar-refractivity contribution in [2.24, 2.45) is 0 Å². The summed E-state index contributed by atoms with van der Waals surface area (Å²) in [5.74, 6) is 1.49. The lowest BCUT2D eigenvalue weighted by Crippen LogP contribution is -2.40. The first-order chi connectivity index (χ1) is 12.2. The van der Waals surface area contributed by atoms with E-state index in [4.69, 9.17) is 4.42 Å². The van der Waals surface area contributed by atoms with Crippen LogP contribution in [0.2, 0.25) is 0 Å². The van der Waals surface area contributed by atoms with E-state index < -0.39 is 0 Å². The lowest BCUT2D eigenvalue weighted by molar-refractivity contribution is -0.121. The highest BCUT2D eigenvalue weighted by Gasteiger charge is 2.23. The van der Waals surface area contributed by atoms with Gasteiger partial charge in [0.25, 0.3) is 0 Å². The molecule has 0 spiro atoms. The minimum absolute atomic E-state index is 0.0695. The molecule has 1 amide bonds. The molecule has 3 rings (SSSR count). The van der Waals surface area contributed by atoms with Crippen LogP contribution in [-0.4, -0.2) is 41.5 Å². The Morgan fingerprint density at radius 2 is 2.16 bits per heavy atom. The maximum atomic E-state index is 12.1. The highest BCUT2D eigenvalue weighted by atomic mass is 16.4. The van der Waals surface area contributed by atoms with Gasteiger partial charge in [-0.25, -0.2) is 4.98 Å². The maximum absolute atomic E-state index is 12.1. The van der Waals surface area contributed by atoms with Gasteiger partial charge in [-0.1, -0.05) is 37.3 Å². The van der Waals surface area contributed by atoms with Crippen molar-refractivity contribution in [2.75, 3.05) is 19.6 Å². The van der Waals surface area contributed by atoms with Crippen molar-refractivity contribution < 1.29 is 9.21 Å². The molecule has 1 atom stereocenters. The van der Waals surface area contributed by atoms with Gasteiger partial charge in [0, 0.05) is 31.0 Å². The van der Waals surface area contributed by atoms with Crippen LogP contribution in [0.1, 0.15) is 37.8 Å². The van der Waals surface area contributed by atoms with Crippen LogP contribution in [-0.2, 0) is 11.2 Å². The van der Waals surface area contributed by atoms with Gasteiger partial charge in [-0.2, -0.15) is 0 Å². The lowest BCUT2D eigenvalue weighted by Gasteiger charge is -2.22. The highest BCUT2D eigenvalue weighted by Crippen LogP contribution is 2.24. The smallest absolute Gasteiger partial charge is 0.220 e. The third kappa shape index (κ3) is 4.48. The van der Waals surface area contributed by atoms with Crippen LogP contribution >= 0.6 is 0 Å². The topological polar surface area (TPSA) is 58.4 Å². The molecule has 0 bridgehead atoms. The van der Waals surface area contributed by atoms with Crippen LogP contribution in [0.4, 0.5) is 0 Å². The van der Waals surface area contributed by atoms with E-state index in [1.54, 1.807) is 0 Å². The molecule has 1 fully saturated rings. The highest BCUT2D eigenvalue weighted by molar-refractivity contribution is 5.76. The van der Waals surface area contributed by atoms with Gasteiger partial charge >= 0.3 is 0 Å². The molecule has 5 heteroatoms. The van der Waals surface area contributed by atoms with Crippen molar-refractivity contribution in [3.8, 4) is 11.3 Å². The Balaban J connectivity index is 1.49. The second-order valence-corrected chi connectivity index (χ2v) is 6.62. The predicted molar refractivity (Wildman–Crippen MR) is 98.3 cm³/mol. The number of rotatable bonds is 7. The normalized spacial score (nSPS) is 17.8. The molecule has 0 radical (unpaired) electrons. The zero-order valence-electron chi connectivity index (χ0n) is 15.1. The number of oxazole rings is 1. The minimum Gasteiger partial charge on any atom is -0.440 e. The van der Waals surface area contributed by atoms with Gasteiger partial charge in [0.2, 0.25) is 5.91 Å². The van der Waals surface area contributed by atoms with E-state index in [1.807, 2.05) is 37.3 Å². The summed E-state index contributed by atoms with van der Waals surface area (Å²) >= 11 is 0. The zero-order valence-corrected chi connectivity index (χ0v) is 15.1. The summed E-state index contributed by atoms with van der Waals surface area (Å²) in [7, 11) is 0. The predicted octanol–water partition coefficient (Wildman–Crippen LogP) is 3.18. The lowest BCUT2D eigenvalue weighted by atomic mass is 10.1. The van der Waals surface area contributed by atoms with Crippen molar-refractivity contribution in [3.05, 3.63) is 41.9 Å². The summed E-state index contributed by atoms with van der Waals surface area (Å²) in [6, 6.07) is 10.4. The first-order valence-corrected chi connectivity index (χ1v) is 9.20. The molecule has 5 nitrogen and oxygen atoms in total. The summed E-state index contributed by atoms with van der Waals surface area (Å²) in [5, 5.41) is 3.06. The van der Waals surface area contributed by atoms with Crippen LogP contribution in [0.5, 0.6) is 0 Å². The molecule has 25 heavy (non-hydrogen) atoms. The number of aromatic nitrogens is 1. The number of aryl methyl sites for hydroxylation is 2. The fourth-order valence-corrected chi connectivity index (χ4v) is 3.50. The van der Waals surface area contributed by atoms with Gasteiger partial charge < -0.3 is 9.73 Å². The van der Waals surface area contributed by atoms with Gasteiger partial charge in [-0.05, 0) is 32.9 Å². The van der Waals surface area contributed by atoms with Crippen LogP contribution in [0.15, 0.2) is 34.7 Å². The Kier molecular flexibility index (Phi) is 5.87. The Labute approximate surface area is 149 Å². The van der Waals surface area contributed by atoms with E-state index >= 15 is 0 Å². The molecular weight excluding hydrogens is 314 g/mol. The van der Waals surface area contributed by atoms with E-state index in [9.17, 15) is 4.79 Å². The monoisotopic (exact) mass is 341 g/mol. The van der Waals surface area contributed by atoms with Crippen molar-refractivity contribution in [3.63, 3.8) is 0 Å². The molecular formula is C20H27N3O2. The van der Waals surface area contributed by atoms with Crippen LogP contribution < -0.4 is 5.32 Å². The summed E-state index contributed by atoms with van der Waals surface area (Å²) < 4.78 is 5.86. The molecule has 1 saturated heterocycles. The number of likely N-dealkylation sites (N-methyl/N-ethyl adjacent to an activating group) is 1. The number of benzene rings is 1. The maximum Gasteiger partial charge on any atom is 0.220 e.